The van der Waals surface area contributed by atoms with Crippen molar-refractivity contribution in [3.05, 3.63) is 168 Å². The summed E-state index contributed by atoms with van der Waals surface area (Å²) in [6, 6.07) is 45.6. The Morgan fingerprint density at radius 3 is 0.750 bits per heavy atom. The van der Waals surface area contributed by atoms with Crippen LogP contribution in [0.25, 0.3) is 43.1 Å². The van der Waals surface area contributed by atoms with E-state index in [0.29, 0.717) is 22.3 Å². The number of nitrogens with two attached hydrogens (primary N) is 2. The van der Waals surface area contributed by atoms with Crippen LogP contribution in [0.3, 0.4) is 0 Å². The summed E-state index contributed by atoms with van der Waals surface area (Å²) in [4.78, 5) is 0. The lowest BCUT2D eigenvalue weighted by Gasteiger charge is -2.48. The second-order valence-electron chi connectivity index (χ2n) is 14.2. The maximum atomic E-state index is 11.6. The van der Waals surface area contributed by atoms with E-state index in [-0.39, 0.29) is 48.7 Å². The summed E-state index contributed by atoms with van der Waals surface area (Å²) >= 11 is 0. The maximum Gasteiger partial charge on any atom is 0.119 e. The van der Waals surface area contributed by atoms with Crippen LogP contribution in [0.2, 0.25) is 0 Å². The van der Waals surface area contributed by atoms with Gasteiger partial charge in [-0.25, -0.2) is 0 Å². The van der Waals surface area contributed by atoms with Crippen molar-refractivity contribution in [1.82, 2.24) is 0 Å². The summed E-state index contributed by atoms with van der Waals surface area (Å²) in [6.45, 7) is 0. The van der Waals surface area contributed by atoms with E-state index in [1.165, 1.54) is 0 Å². The summed E-state index contributed by atoms with van der Waals surface area (Å²) in [5.74, 6) is 0.330. The number of hydrogen-bond acceptors (Lipinski definition) is 6. The fourth-order valence-corrected chi connectivity index (χ4v) is 8.13. The van der Waals surface area contributed by atoms with E-state index in [0.717, 1.165) is 43.1 Å². The molecule has 0 fully saturated rings. The Hall–Kier alpha value is -6.08. The molecular weight excluding hydrogens is 645 g/mol. The van der Waals surface area contributed by atoms with Crippen LogP contribution < -0.4 is 11.5 Å². The first-order valence-corrected chi connectivity index (χ1v) is 17.5. The van der Waals surface area contributed by atoms with Crippen LogP contribution in [-0.4, -0.2) is 31.5 Å². The lowest BCUT2D eigenvalue weighted by atomic mass is 9.64. The first-order chi connectivity index (χ1) is 25.1. The molecule has 0 radical (unpaired) electrons. The van der Waals surface area contributed by atoms with Gasteiger partial charge in [-0.15, -0.1) is 0 Å². The predicted octanol–water partition coefficient (Wildman–Crippen LogP) is 8.79. The van der Waals surface area contributed by atoms with Crippen molar-refractivity contribution in [3.63, 3.8) is 0 Å². The fraction of sp³-hybridized carbons (Fsp3) is 0.130. The average molecular weight is 685 g/mol. The molecule has 0 heterocycles. The molecule has 8 rings (SSSR count). The molecule has 8 aromatic carbocycles. The third-order valence-electron chi connectivity index (χ3n) is 11.0. The van der Waals surface area contributed by atoms with Gasteiger partial charge in [-0.2, -0.15) is 0 Å². The minimum atomic E-state index is -1.41. The Kier molecular flexibility index (Phi) is 8.22. The van der Waals surface area contributed by atoms with Crippen LogP contribution in [0, 0.1) is 0 Å². The largest absolute Gasteiger partial charge is 0.508 e. The van der Waals surface area contributed by atoms with Gasteiger partial charge in [-0.3, -0.25) is 0 Å². The van der Waals surface area contributed by atoms with Gasteiger partial charge >= 0.3 is 0 Å². The molecule has 52 heavy (non-hydrogen) atoms. The summed E-state index contributed by atoms with van der Waals surface area (Å²) in [7, 11) is 0. The maximum absolute atomic E-state index is 11.6. The van der Waals surface area contributed by atoms with Crippen molar-refractivity contribution in [3.8, 4) is 23.0 Å². The molecule has 0 bridgehead atoms. The molecule has 0 amide bonds. The molecule has 8 N–H and O–H groups in total. The third kappa shape index (κ3) is 5.72. The van der Waals surface area contributed by atoms with Gasteiger partial charge in [0, 0.05) is 33.3 Å². The average Bonchev–Trinajstić information content (AvgIpc) is 3.16. The lowest BCUT2D eigenvalue weighted by molar-refractivity contribution is 0.205. The summed E-state index contributed by atoms with van der Waals surface area (Å²) in [5.41, 5.74) is 15.5. The second kappa shape index (κ2) is 12.9. The first-order valence-electron chi connectivity index (χ1n) is 17.5. The highest BCUT2D eigenvalue weighted by molar-refractivity contribution is 5.91. The summed E-state index contributed by atoms with van der Waals surface area (Å²) in [5, 5.41) is 53.3. The number of aromatic hydroxyl groups is 4. The molecule has 0 atom stereocenters. The molecule has 0 aliphatic rings. The van der Waals surface area contributed by atoms with Gasteiger partial charge in [0.2, 0.25) is 0 Å². The molecule has 0 spiro atoms. The van der Waals surface area contributed by atoms with Crippen LogP contribution in [0.1, 0.15) is 22.3 Å². The Bertz CT molecular complexity index is 2280. The van der Waals surface area contributed by atoms with Crippen LogP contribution in [0.15, 0.2) is 146 Å². The number of phenolic OH excluding ortho intramolecular Hbond substituents is 4. The van der Waals surface area contributed by atoms with Crippen molar-refractivity contribution < 1.29 is 20.4 Å². The van der Waals surface area contributed by atoms with Crippen molar-refractivity contribution in [2.45, 2.75) is 36.8 Å². The van der Waals surface area contributed by atoms with Crippen LogP contribution in [0.4, 0.5) is 0 Å². The van der Waals surface area contributed by atoms with Crippen molar-refractivity contribution in [2.75, 3.05) is 0 Å². The van der Waals surface area contributed by atoms with E-state index >= 15 is 0 Å². The topological polar surface area (TPSA) is 133 Å². The van der Waals surface area contributed by atoms with Gasteiger partial charge in [0.25, 0.3) is 0 Å². The van der Waals surface area contributed by atoms with Crippen molar-refractivity contribution in [1.29, 1.82) is 0 Å². The molecule has 0 aromatic heterocycles. The van der Waals surface area contributed by atoms with Crippen molar-refractivity contribution >= 4 is 43.1 Å². The van der Waals surface area contributed by atoms with Crippen LogP contribution >= 0.6 is 0 Å². The SMILES string of the molecule is NC(Cc1c(O)ccc2ccccc12)(Cc1c(O)ccc2ccccc12)C(N)(Cc1c(O)ccc2ccccc12)Cc1c(O)ccc2ccccc12. The van der Waals surface area contributed by atoms with Gasteiger partial charge < -0.3 is 31.9 Å². The molecule has 8 aromatic rings. The molecule has 0 aliphatic carbocycles. The van der Waals surface area contributed by atoms with E-state index in [2.05, 4.69) is 0 Å². The van der Waals surface area contributed by atoms with E-state index in [1.54, 1.807) is 24.3 Å². The standard InChI is InChI=1S/C46H40N2O4/c47-45(25-37-33-13-5-1-9-29(33)17-21-41(37)49,26-38-34-14-6-2-10-30(34)18-22-42(38)50)46(48,27-39-35-15-7-3-11-31(35)19-23-43(39)51)28-40-36-16-8-4-12-32(36)20-24-44(40)52/h1-24,49-52H,25-28,47-48H2. The van der Waals surface area contributed by atoms with Gasteiger partial charge in [0.1, 0.15) is 23.0 Å². The number of rotatable bonds is 9. The number of phenols is 4. The third-order valence-corrected chi connectivity index (χ3v) is 11.0. The van der Waals surface area contributed by atoms with Crippen molar-refractivity contribution in [2.24, 2.45) is 11.5 Å². The summed E-state index contributed by atoms with van der Waals surface area (Å²) < 4.78 is 0. The monoisotopic (exact) mass is 684 g/mol. The minimum Gasteiger partial charge on any atom is -0.508 e. The van der Waals surface area contributed by atoms with E-state index in [9.17, 15) is 20.4 Å². The summed E-state index contributed by atoms with van der Waals surface area (Å²) in [6.07, 6.45) is 0.430. The molecule has 6 nitrogen and oxygen atoms in total. The lowest BCUT2D eigenvalue weighted by Crippen LogP contribution is -2.70. The zero-order chi connectivity index (χ0) is 36.0. The van der Waals surface area contributed by atoms with E-state index < -0.39 is 11.1 Å². The Balaban J connectivity index is 1.42. The molecular formula is C46H40N2O4. The smallest absolute Gasteiger partial charge is 0.119 e. The molecule has 0 unspecified atom stereocenters. The fourth-order valence-electron chi connectivity index (χ4n) is 8.13. The molecule has 0 saturated heterocycles. The Labute approximate surface area is 301 Å². The van der Waals surface area contributed by atoms with Crippen LogP contribution in [-0.2, 0) is 25.7 Å². The van der Waals surface area contributed by atoms with Gasteiger partial charge in [0.05, 0.1) is 0 Å². The second-order valence-corrected chi connectivity index (χ2v) is 14.2. The number of hydrogen-bond donors (Lipinski definition) is 6. The predicted molar refractivity (Wildman–Crippen MR) is 211 cm³/mol. The first kappa shape index (κ1) is 33.1. The molecule has 6 heteroatoms. The highest BCUT2D eigenvalue weighted by Crippen LogP contribution is 2.43. The quantitative estimate of drug-likeness (QED) is 0.0901. The van der Waals surface area contributed by atoms with Gasteiger partial charge in [0.15, 0.2) is 0 Å². The number of fused-ring (bicyclic) bond motifs is 4. The Morgan fingerprint density at radius 1 is 0.308 bits per heavy atom. The van der Waals surface area contributed by atoms with E-state index in [1.807, 2.05) is 121 Å². The number of benzene rings is 8. The highest BCUT2D eigenvalue weighted by Gasteiger charge is 2.48. The minimum absolute atomic E-state index is 0.0824. The van der Waals surface area contributed by atoms with Gasteiger partial charge in [-0.1, -0.05) is 121 Å². The normalized spacial score (nSPS) is 12.3. The zero-order valence-electron chi connectivity index (χ0n) is 28.6. The highest BCUT2D eigenvalue weighted by atomic mass is 16.3. The van der Waals surface area contributed by atoms with Crippen LogP contribution in [0.5, 0.6) is 23.0 Å². The molecule has 258 valence electrons. The van der Waals surface area contributed by atoms with E-state index in [4.69, 9.17) is 11.5 Å². The molecule has 0 aliphatic heterocycles. The van der Waals surface area contributed by atoms with Gasteiger partial charge in [-0.05, 0) is 93.0 Å². The molecule has 0 saturated carbocycles. The Morgan fingerprint density at radius 2 is 0.519 bits per heavy atom. The zero-order valence-corrected chi connectivity index (χ0v) is 28.6.